The van der Waals surface area contributed by atoms with E-state index in [0.717, 1.165) is 13.0 Å². The summed E-state index contributed by atoms with van der Waals surface area (Å²) in [5.41, 5.74) is 8.21. The third-order valence-corrected chi connectivity index (χ3v) is 2.67. The van der Waals surface area contributed by atoms with E-state index in [1.54, 1.807) is 0 Å². The monoisotopic (exact) mass is 200 g/mol. The number of para-hydroxylation sites is 1. The van der Waals surface area contributed by atoms with Gasteiger partial charge in [0, 0.05) is 30.2 Å². The summed E-state index contributed by atoms with van der Waals surface area (Å²) in [5.74, 6) is 0. The van der Waals surface area contributed by atoms with Crippen LogP contribution in [0, 0.1) is 0 Å². The molecule has 0 spiro atoms. The quantitative estimate of drug-likeness (QED) is 0.756. The Kier molecular flexibility index (Phi) is 2.88. The third-order valence-electron chi connectivity index (χ3n) is 2.67. The van der Waals surface area contributed by atoms with E-state index in [9.17, 15) is 0 Å². The van der Waals surface area contributed by atoms with Crippen LogP contribution < -0.4 is 5.73 Å². The molecule has 0 aliphatic rings. The van der Waals surface area contributed by atoms with Crippen LogP contribution in [0.25, 0.3) is 10.9 Å². The first-order valence-electron chi connectivity index (χ1n) is 5.24. The summed E-state index contributed by atoms with van der Waals surface area (Å²) in [7, 11) is 0. The van der Waals surface area contributed by atoms with E-state index in [1.807, 2.05) is 6.08 Å². The summed E-state index contributed by atoms with van der Waals surface area (Å²) < 4.78 is 2.25. The zero-order chi connectivity index (χ0) is 10.7. The summed E-state index contributed by atoms with van der Waals surface area (Å²) in [6, 6.07) is 8.38. The van der Waals surface area contributed by atoms with Gasteiger partial charge in [0.15, 0.2) is 0 Å². The van der Waals surface area contributed by atoms with Gasteiger partial charge in [-0.3, -0.25) is 0 Å². The van der Waals surface area contributed by atoms with E-state index < -0.39 is 0 Å². The van der Waals surface area contributed by atoms with E-state index in [4.69, 9.17) is 5.73 Å². The predicted molar refractivity (Wildman–Crippen MR) is 64.6 cm³/mol. The number of nitrogens with two attached hydrogens (primary N) is 1. The number of hydrogen-bond acceptors (Lipinski definition) is 1. The topological polar surface area (TPSA) is 30.9 Å². The standard InChI is InChI=1S/C13H16N2/c1-2-3-8-15-10-11(9-14)12-6-4-5-7-13(12)15/h2,4-7,10H,1,3,8-9,14H2. The van der Waals surface area contributed by atoms with Gasteiger partial charge in [0.05, 0.1) is 0 Å². The number of aromatic nitrogens is 1. The van der Waals surface area contributed by atoms with Crippen LogP contribution in [0.2, 0.25) is 0 Å². The molecule has 1 aromatic heterocycles. The van der Waals surface area contributed by atoms with Crippen LogP contribution >= 0.6 is 0 Å². The van der Waals surface area contributed by atoms with Crippen LogP contribution in [-0.4, -0.2) is 4.57 Å². The molecule has 1 aromatic carbocycles. The van der Waals surface area contributed by atoms with Gasteiger partial charge in [0.25, 0.3) is 0 Å². The lowest BCUT2D eigenvalue weighted by Crippen LogP contribution is -1.96. The van der Waals surface area contributed by atoms with Crippen molar-refractivity contribution in [1.29, 1.82) is 0 Å². The fourth-order valence-corrected chi connectivity index (χ4v) is 1.90. The van der Waals surface area contributed by atoms with Gasteiger partial charge in [-0.05, 0) is 18.1 Å². The van der Waals surface area contributed by atoms with Crippen LogP contribution in [0.4, 0.5) is 0 Å². The van der Waals surface area contributed by atoms with Crippen molar-refractivity contribution in [2.75, 3.05) is 0 Å². The first-order valence-corrected chi connectivity index (χ1v) is 5.24. The molecule has 0 radical (unpaired) electrons. The van der Waals surface area contributed by atoms with Crippen LogP contribution in [0.5, 0.6) is 0 Å². The largest absolute Gasteiger partial charge is 0.347 e. The van der Waals surface area contributed by atoms with Crippen molar-refractivity contribution in [3.63, 3.8) is 0 Å². The molecular weight excluding hydrogens is 184 g/mol. The molecule has 0 saturated carbocycles. The molecule has 2 heteroatoms. The Bertz CT molecular complexity index is 468. The second kappa shape index (κ2) is 4.32. The van der Waals surface area contributed by atoms with Gasteiger partial charge in [0.1, 0.15) is 0 Å². The van der Waals surface area contributed by atoms with E-state index in [2.05, 4.69) is 41.6 Å². The van der Waals surface area contributed by atoms with E-state index in [-0.39, 0.29) is 0 Å². The normalized spacial score (nSPS) is 10.7. The number of nitrogens with zero attached hydrogens (tertiary/aromatic N) is 1. The lowest BCUT2D eigenvalue weighted by molar-refractivity contribution is 0.735. The lowest BCUT2D eigenvalue weighted by atomic mass is 10.2. The highest BCUT2D eigenvalue weighted by molar-refractivity contribution is 5.83. The zero-order valence-corrected chi connectivity index (χ0v) is 8.82. The molecule has 2 nitrogen and oxygen atoms in total. The molecule has 0 atom stereocenters. The lowest BCUT2D eigenvalue weighted by Gasteiger charge is -2.01. The fourth-order valence-electron chi connectivity index (χ4n) is 1.90. The first kappa shape index (κ1) is 9.99. The average molecular weight is 200 g/mol. The molecule has 2 aromatic rings. The highest BCUT2D eigenvalue weighted by Gasteiger charge is 2.05. The van der Waals surface area contributed by atoms with Crippen molar-refractivity contribution < 1.29 is 0 Å². The summed E-state index contributed by atoms with van der Waals surface area (Å²) >= 11 is 0. The summed E-state index contributed by atoms with van der Waals surface area (Å²) in [6.45, 7) is 5.32. The number of rotatable bonds is 4. The molecule has 0 aliphatic carbocycles. The minimum atomic E-state index is 0.599. The molecule has 2 rings (SSSR count). The first-order chi connectivity index (χ1) is 7.36. The molecule has 2 N–H and O–H groups in total. The Hall–Kier alpha value is -1.54. The molecule has 0 aliphatic heterocycles. The van der Waals surface area contributed by atoms with Crippen molar-refractivity contribution in [3.05, 3.63) is 48.7 Å². The van der Waals surface area contributed by atoms with Gasteiger partial charge in [-0.1, -0.05) is 24.3 Å². The predicted octanol–water partition coefficient (Wildman–Crippen LogP) is 2.68. The van der Waals surface area contributed by atoms with Crippen molar-refractivity contribution >= 4 is 10.9 Å². The van der Waals surface area contributed by atoms with Gasteiger partial charge in [0.2, 0.25) is 0 Å². The Morgan fingerprint density at radius 2 is 2.13 bits per heavy atom. The van der Waals surface area contributed by atoms with Crippen LogP contribution in [0.3, 0.4) is 0 Å². The number of benzene rings is 1. The van der Waals surface area contributed by atoms with Crippen molar-refractivity contribution in [3.8, 4) is 0 Å². The van der Waals surface area contributed by atoms with Crippen molar-refractivity contribution in [2.24, 2.45) is 5.73 Å². The van der Waals surface area contributed by atoms with E-state index in [1.165, 1.54) is 16.5 Å². The Balaban J connectivity index is 2.49. The molecule has 1 heterocycles. The van der Waals surface area contributed by atoms with Gasteiger partial charge in [-0.15, -0.1) is 6.58 Å². The van der Waals surface area contributed by atoms with Crippen LogP contribution in [0.1, 0.15) is 12.0 Å². The Morgan fingerprint density at radius 1 is 1.33 bits per heavy atom. The molecule has 0 saturated heterocycles. The molecular formula is C13H16N2. The van der Waals surface area contributed by atoms with Gasteiger partial charge in [-0.2, -0.15) is 0 Å². The number of aryl methyl sites for hydroxylation is 1. The number of hydrogen-bond donors (Lipinski definition) is 1. The number of fused-ring (bicyclic) bond motifs is 1. The smallest absolute Gasteiger partial charge is 0.0483 e. The SMILES string of the molecule is C=CCCn1cc(CN)c2ccccc21. The van der Waals surface area contributed by atoms with Gasteiger partial charge < -0.3 is 10.3 Å². The van der Waals surface area contributed by atoms with E-state index in [0.29, 0.717) is 6.54 Å². The van der Waals surface area contributed by atoms with Crippen molar-refractivity contribution in [1.82, 2.24) is 4.57 Å². The minimum absolute atomic E-state index is 0.599. The molecule has 78 valence electrons. The third kappa shape index (κ3) is 1.81. The summed E-state index contributed by atoms with van der Waals surface area (Å²) in [5, 5.41) is 1.27. The number of allylic oxidation sites excluding steroid dienone is 1. The Morgan fingerprint density at radius 3 is 2.87 bits per heavy atom. The summed E-state index contributed by atoms with van der Waals surface area (Å²) in [4.78, 5) is 0. The highest BCUT2D eigenvalue weighted by Crippen LogP contribution is 2.21. The maximum Gasteiger partial charge on any atom is 0.0483 e. The molecule has 0 unspecified atom stereocenters. The highest BCUT2D eigenvalue weighted by atomic mass is 15.0. The van der Waals surface area contributed by atoms with Gasteiger partial charge >= 0.3 is 0 Å². The maximum absolute atomic E-state index is 5.72. The molecule has 15 heavy (non-hydrogen) atoms. The second-order valence-corrected chi connectivity index (χ2v) is 3.65. The molecule has 0 amide bonds. The fraction of sp³-hybridized carbons (Fsp3) is 0.231. The van der Waals surface area contributed by atoms with Crippen molar-refractivity contribution in [2.45, 2.75) is 19.5 Å². The maximum atomic E-state index is 5.72. The van der Waals surface area contributed by atoms with Crippen LogP contribution in [0.15, 0.2) is 43.1 Å². The van der Waals surface area contributed by atoms with Gasteiger partial charge in [-0.25, -0.2) is 0 Å². The Labute approximate surface area is 90.0 Å². The minimum Gasteiger partial charge on any atom is -0.347 e. The molecule has 0 fully saturated rings. The molecule has 0 bridgehead atoms. The van der Waals surface area contributed by atoms with Crippen LogP contribution in [-0.2, 0) is 13.1 Å². The second-order valence-electron chi connectivity index (χ2n) is 3.65. The summed E-state index contributed by atoms with van der Waals surface area (Å²) in [6.07, 6.45) is 5.08. The van der Waals surface area contributed by atoms with E-state index >= 15 is 0 Å². The average Bonchev–Trinajstić information content (AvgIpc) is 2.65. The zero-order valence-electron chi connectivity index (χ0n) is 8.82.